The maximum absolute atomic E-state index is 14.4. The van der Waals surface area contributed by atoms with E-state index in [0.717, 1.165) is 11.1 Å². The molecule has 0 aliphatic carbocycles. The summed E-state index contributed by atoms with van der Waals surface area (Å²) in [6.07, 6.45) is 3.96. The van der Waals surface area contributed by atoms with Crippen LogP contribution in [0.2, 0.25) is 10.0 Å². The van der Waals surface area contributed by atoms with Crippen LogP contribution >= 0.6 is 34.5 Å². The Hall–Kier alpha value is -4.51. The molecule has 0 saturated heterocycles. The molecular weight excluding hydrogens is 711 g/mol. The molecule has 0 unspecified atom stereocenters. The molecule has 0 amide bonds. The Morgan fingerprint density at radius 2 is 1.80 bits per heavy atom. The third kappa shape index (κ3) is 8.35. The lowest BCUT2D eigenvalue weighted by molar-refractivity contribution is -0.139. The zero-order valence-corrected chi connectivity index (χ0v) is 31.7. The van der Waals surface area contributed by atoms with Crippen molar-refractivity contribution in [2.45, 2.75) is 59.8 Å². The normalized spacial score (nSPS) is 14.2. The topological polar surface area (TPSA) is 97.6 Å². The van der Waals surface area contributed by atoms with E-state index in [4.69, 9.17) is 51.9 Å². The van der Waals surface area contributed by atoms with E-state index in [9.17, 15) is 9.59 Å². The summed E-state index contributed by atoms with van der Waals surface area (Å²) >= 11 is 13.7. The summed E-state index contributed by atoms with van der Waals surface area (Å²) in [5.41, 5.74) is 3.35. The van der Waals surface area contributed by atoms with Crippen LogP contribution in [0, 0.1) is 0 Å². The van der Waals surface area contributed by atoms with Gasteiger partial charge >= 0.3 is 5.97 Å². The van der Waals surface area contributed by atoms with Crippen LogP contribution < -0.4 is 33.8 Å². The maximum atomic E-state index is 14.4. The van der Waals surface area contributed by atoms with Gasteiger partial charge in [-0.25, -0.2) is 9.79 Å². The van der Waals surface area contributed by atoms with Crippen molar-refractivity contribution in [3.63, 3.8) is 0 Å². The number of benzene rings is 3. The van der Waals surface area contributed by atoms with Crippen molar-refractivity contribution in [2.75, 3.05) is 20.3 Å². The Kier molecular flexibility index (Phi) is 12.3. The molecule has 4 aromatic rings. The Morgan fingerprint density at radius 3 is 2.47 bits per heavy atom. The minimum absolute atomic E-state index is 0.0856. The van der Waals surface area contributed by atoms with Crippen LogP contribution in [0.3, 0.4) is 0 Å². The maximum Gasteiger partial charge on any atom is 0.338 e. The second-order valence-corrected chi connectivity index (χ2v) is 13.7. The largest absolute Gasteiger partial charge is 0.493 e. The molecule has 3 aromatic carbocycles. The van der Waals surface area contributed by atoms with Crippen molar-refractivity contribution in [3.8, 4) is 23.0 Å². The van der Waals surface area contributed by atoms with Crippen LogP contribution in [0.15, 0.2) is 82.2 Å². The Labute approximate surface area is 311 Å². The number of nitrogens with zero attached hydrogens (tertiary/aromatic N) is 2. The van der Waals surface area contributed by atoms with Gasteiger partial charge in [0.15, 0.2) is 27.8 Å². The molecule has 0 spiro atoms. The monoisotopic (exact) mass is 750 g/mol. The Bertz CT molecular complexity index is 2170. The number of hydrogen-bond acceptors (Lipinski definition) is 9. The number of hydrogen-bond donors (Lipinski definition) is 0. The zero-order valence-electron chi connectivity index (χ0n) is 29.4. The highest BCUT2D eigenvalue weighted by Crippen LogP contribution is 2.38. The molecule has 9 nitrogen and oxygen atoms in total. The Balaban J connectivity index is 1.64. The van der Waals surface area contributed by atoms with Gasteiger partial charge in [0, 0.05) is 21.2 Å². The van der Waals surface area contributed by atoms with Crippen molar-refractivity contribution in [2.24, 2.45) is 4.99 Å². The van der Waals surface area contributed by atoms with Gasteiger partial charge in [0.2, 0.25) is 0 Å². The van der Waals surface area contributed by atoms with E-state index in [0.29, 0.717) is 72.2 Å². The van der Waals surface area contributed by atoms with Crippen molar-refractivity contribution >= 4 is 46.6 Å². The van der Waals surface area contributed by atoms with E-state index < -0.39 is 12.0 Å². The van der Waals surface area contributed by atoms with Crippen molar-refractivity contribution < 1.29 is 28.5 Å². The minimum Gasteiger partial charge on any atom is -0.493 e. The van der Waals surface area contributed by atoms with Crippen LogP contribution in [-0.2, 0) is 22.6 Å². The van der Waals surface area contributed by atoms with Crippen molar-refractivity contribution in [1.82, 2.24) is 4.57 Å². The van der Waals surface area contributed by atoms with Crippen LogP contribution in [0.25, 0.3) is 6.08 Å². The molecule has 0 bridgehead atoms. The fraction of sp³-hybridized carbons (Fsp3) is 0.308. The number of rotatable bonds is 14. The molecule has 0 saturated carbocycles. The fourth-order valence-electron chi connectivity index (χ4n) is 5.75. The molecule has 268 valence electrons. The Morgan fingerprint density at radius 1 is 1.02 bits per heavy atom. The van der Waals surface area contributed by atoms with E-state index in [2.05, 4.69) is 6.58 Å². The first-order chi connectivity index (χ1) is 24.5. The molecule has 51 heavy (non-hydrogen) atoms. The first-order valence-electron chi connectivity index (χ1n) is 16.5. The number of ether oxygens (including phenoxy) is 5. The zero-order chi connectivity index (χ0) is 36.8. The van der Waals surface area contributed by atoms with Gasteiger partial charge in [-0.1, -0.05) is 52.7 Å². The van der Waals surface area contributed by atoms with Gasteiger partial charge in [0.05, 0.1) is 48.3 Å². The van der Waals surface area contributed by atoms with Crippen LogP contribution in [0.5, 0.6) is 23.0 Å². The van der Waals surface area contributed by atoms with E-state index in [-0.39, 0.29) is 30.5 Å². The molecule has 1 aromatic heterocycles. The third-order valence-corrected chi connectivity index (χ3v) is 9.46. The number of allylic oxidation sites excluding steroid dienone is 2. The first-order valence-corrected chi connectivity index (χ1v) is 18.1. The minimum atomic E-state index is -0.824. The van der Waals surface area contributed by atoms with Gasteiger partial charge in [-0.05, 0) is 94.6 Å². The van der Waals surface area contributed by atoms with E-state index in [1.165, 1.54) is 15.9 Å². The number of thiazole rings is 1. The number of esters is 1. The highest BCUT2D eigenvalue weighted by atomic mass is 35.5. The molecule has 2 heterocycles. The van der Waals surface area contributed by atoms with Crippen molar-refractivity contribution in [1.29, 1.82) is 0 Å². The average molecular weight is 752 g/mol. The SMILES string of the molecule is C=CCc1cc(/C=c2\sc3n(c2=O)[C@H](c2ccc(OC(C)C)c(OC)c2)C(C(=O)OCC)=C(C)N=3)cc(OCC)c1OCc1ccc(Cl)cc1Cl. The van der Waals surface area contributed by atoms with Gasteiger partial charge in [-0.2, -0.15) is 0 Å². The molecule has 5 rings (SSSR count). The van der Waals surface area contributed by atoms with Gasteiger partial charge in [-0.3, -0.25) is 9.36 Å². The van der Waals surface area contributed by atoms with E-state index in [1.807, 2.05) is 45.0 Å². The van der Waals surface area contributed by atoms with Gasteiger partial charge in [0.1, 0.15) is 6.61 Å². The van der Waals surface area contributed by atoms with E-state index in [1.54, 1.807) is 57.4 Å². The lowest BCUT2D eigenvalue weighted by atomic mass is 9.95. The summed E-state index contributed by atoms with van der Waals surface area (Å²) in [6.45, 7) is 13.9. The number of carbonyl (C=O) groups excluding carboxylic acids is 1. The number of halogens is 2. The van der Waals surface area contributed by atoms with Crippen molar-refractivity contribution in [3.05, 3.63) is 124 Å². The van der Waals surface area contributed by atoms with Gasteiger partial charge < -0.3 is 23.7 Å². The number of methoxy groups -OCH3 is 1. The summed E-state index contributed by atoms with van der Waals surface area (Å²) in [7, 11) is 1.55. The summed E-state index contributed by atoms with van der Waals surface area (Å²) in [5.74, 6) is 1.53. The number of carbonyl (C=O) groups is 1. The molecule has 1 aliphatic rings. The highest BCUT2D eigenvalue weighted by molar-refractivity contribution is 7.07. The van der Waals surface area contributed by atoms with E-state index >= 15 is 0 Å². The lowest BCUT2D eigenvalue weighted by Crippen LogP contribution is -2.40. The lowest BCUT2D eigenvalue weighted by Gasteiger charge is -2.25. The third-order valence-electron chi connectivity index (χ3n) is 7.89. The standard InChI is InChI=1S/C39H40Cl2N2O7S/c1-8-11-26-16-24(17-32(47-9-2)36(26)49-21-27-12-14-28(40)20-29(27)41)18-33-37(44)43-35(25-13-15-30(50-22(4)5)31(19-25)46-7)34(38(45)48-10-3)23(6)42-39(43)51-33/h8,12-20,22,35H,1,9-11,21H2,2-7H3/b33-18-/t35-/m1/s1. The number of aromatic nitrogens is 1. The first kappa shape index (κ1) is 37.7. The second-order valence-electron chi connectivity index (χ2n) is 11.8. The summed E-state index contributed by atoms with van der Waals surface area (Å²) in [6, 6.07) is 13.6. The second kappa shape index (κ2) is 16.7. The summed E-state index contributed by atoms with van der Waals surface area (Å²) in [4.78, 5) is 32.9. The van der Waals surface area contributed by atoms with Crippen LogP contribution in [0.4, 0.5) is 0 Å². The molecule has 0 fully saturated rings. The molecular formula is C39H40Cl2N2O7S. The predicted octanol–water partition coefficient (Wildman–Crippen LogP) is 7.61. The highest BCUT2D eigenvalue weighted by Gasteiger charge is 2.34. The molecule has 0 radical (unpaired) electrons. The molecule has 0 N–H and O–H groups in total. The average Bonchev–Trinajstić information content (AvgIpc) is 3.38. The summed E-state index contributed by atoms with van der Waals surface area (Å²) < 4.78 is 31.3. The van der Waals surface area contributed by atoms with Gasteiger partial charge in [-0.15, -0.1) is 6.58 Å². The summed E-state index contributed by atoms with van der Waals surface area (Å²) in [5, 5.41) is 1.03. The molecule has 12 heteroatoms. The van der Waals surface area contributed by atoms with Crippen LogP contribution in [0.1, 0.15) is 62.9 Å². The smallest absolute Gasteiger partial charge is 0.338 e. The van der Waals surface area contributed by atoms with Crippen LogP contribution in [-0.4, -0.2) is 37.0 Å². The van der Waals surface area contributed by atoms with Gasteiger partial charge in [0.25, 0.3) is 5.56 Å². The quantitative estimate of drug-likeness (QED) is 0.0967. The number of fused-ring (bicyclic) bond motifs is 1. The predicted molar refractivity (Wildman–Crippen MR) is 201 cm³/mol. The fourth-order valence-corrected chi connectivity index (χ4v) is 7.26. The molecule has 1 atom stereocenters. The molecule has 1 aliphatic heterocycles.